The second-order valence-corrected chi connectivity index (χ2v) is 14.4. The number of phosphoric acid groups is 1. The van der Waals surface area contributed by atoms with E-state index in [1.807, 2.05) is 6.08 Å². The molecule has 0 aromatic heterocycles. The van der Waals surface area contributed by atoms with E-state index in [1.54, 1.807) is 6.08 Å². The third kappa shape index (κ3) is 33.3. The van der Waals surface area contributed by atoms with Crippen molar-refractivity contribution in [2.24, 2.45) is 5.73 Å². The van der Waals surface area contributed by atoms with Crippen molar-refractivity contribution in [1.82, 2.24) is 5.32 Å². The van der Waals surface area contributed by atoms with Gasteiger partial charge in [0, 0.05) is 6.54 Å². The normalized spacial score (nSPS) is 15.5. The van der Waals surface area contributed by atoms with Crippen LogP contribution in [0.3, 0.4) is 0 Å². The van der Waals surface area contributed by atoms with Gasteiger partial charge in [-0.2, -0.15) is 0 Å². The Bertz CT molecular complexity index is 925. The van der Waals surface area contributed by atoms with Crippen LogP contribution in [0, 0.1) is 0 Å². The topological polar surface area (TPSA) is 151 Å². The number of amides is 1. The lowest BCUT2D eigenvalue weighted by molar-refractivity contribution is -0.124. The van der Waals surface area contributed by atoms with E-state index in [0.717, 1.165) is 57.8 Å². The first-order valence-electron chi connectivity index (χ1n) is 19.3. The molecule has 0 aromatic carbocycles. The number of rotatable bonds is 35. The van der Waals surface area contributed by atoms with E-state index in [0.29, 0.717) is 12.8 Å². The van der Waals surface area contributed by atoms with Gasteiger partial charge in [0.05, 0.1) is 37.9 Å². The predicted molar refractivity (Wildman–Crippen MR) is 204 cm³/mol. The highest BCUT2D eigenvalue weighted by Gasteiger charge is 2.27. The maximum absolute atomic E-state index is 12.7. The standard InChI is InChI=1S/C39H73N2O7P/c1-3-5-7-9-11-13-14-15-16-17-18-19-20-21-23-25-27-29-31-38(43)37(35-48-49(45,46)47-33-32-40)41-39(44)34-36(42)30-28-26-24-22-12-10-8-6-4-2/h10,12,17-18,21,23,29,31,36-38,42-43H,3-9,11,13-16,19-20,22,24-28,30,32-35,40H2,1-2H3,(H,41,44)(H,45,46)/b12-10-,18-17+,23-21+,31-29+. The second-order valence-electron chi connectivity index (χ2n) is 12.9. The van der Waals surface area contributed by atoms with Crippen LogP contribution in [0.2, 0.25) is 0 Å². The number of unbranched alkanes of at least 4 members (excludes halogenated alkanes) is 15. The van der Waals surface area contributed by atoms with Crippen molar-refractivity contribution in [3.8, 4) is 0 Å². The van der Waals surface area contributed by atoms with Gasteiger partial charge in [0.15, 0.2) is 0 Å². The van der Waals surface area contributed by atoms with Gasteiger partial charge in [-0.25, -0.2) is 4.57 Å². The number of phosphoric ester groups is 1. The summed E-state index contributed by atoms with van der Waals surface area (Å²) in [6, 6.07) is -1.01. The molecule has 0 aliphatic rings. The first-order chi connectivity index (χ1) is 23.8. The Kier molecular flexibility index (Phi) is 33.7. The molecule has 0 aliphatic carbocycles. The molecule has 1 amide bonds. The average Bonchev–Trinajstić information content (AvgIpc) is 3.07. The quantitative estimate of drug-likeness (QED) is 0.0248. The summed E-state index contributed by atoms with van der Waals surface area (Å²) < 4.78 is 21.9. The van der Waals surface area contributed by atoms with Crippen LogP contribution in [0.15, 0.2) is 48.6 Å². The van der Waals surface area contributed by atoms with Crippen molar-refractivity contribution in [2.75, 3.05) is 19.8 Å². The highest BCUT2D eigenvalue weighted by atomic mass is 31.2. The molecule has 4 unspecified atom stereocenters. The molecule has 0 aromatic rings. The summed E-state index contributed by atoms with van der Waals surface area (Å²) in [6.07, 6.45) is 37.8. The van der Waals surface area contributed by atoms with Crippen molar-refractivity contribution in [1.29, 1.82) is 0 Å². The van der Waals surface area contributed by atoms with E-state index in [4.69, 9.17) is 14.8 Å². The molecule has 4 atom stereocenters. The van der Waals surface area contributed by atoms with Crippen LogP contribution in [0.25, 0.3) is 0 Å². The summed E-state index contributed by atoms with van der Waals surface area (Å²) in [7, 11) is -4.41. The number of nitrogens with two attached hydrogens (primary N) is 1. The zero-order valence-electron chi connectivity index (χ0n) is 31.0. The first-order valence-corrected chi connectivity index (χ1v) is 20.8. The van der Waals surface area contributed by atoms with Crippen LogP contribution < -0.4 is 11.1 Å². The van der Waals surface area contributed by atoms with Crippen LogP contribution in [0.1, 0.15) is 155 Å². The molecule has 49 heavy (non-hydrogen) atoms. The van der Waals surface area contributed by atoms with Crippen molar-refractivity contribution < 1.29 is 33.5 Å². The van der Waals surface area contributed by atoms with E-state index >= 15 is 0 Å². The maximum atomic E-state index is 12.7. The van der Waals surface area contributed by atoms with Gasteiger partial charge in [0.2, 0.25) is 5.91 Å². The van der Waals surface area contributed by atoms with Gasteiger partial charge < -0.3 is 26.2 Å². The highest BCUT2D eigenvalue weighted by Crippen LogP contribution is 2.43. The molecule has 0 spiro atoms. The molecular weight excluding hydrogens is 639 g/mol. The Hall–Kier alpha value is -1.58. The molecule has 0 heterocycles. The van der Waals surface area contributed by atoms with E-state index in [1.165, 1.54) is 64.2 Å². The number of allylic oxidation sites excluding steroid dienone is 7. The minimum Gasteiger partial charge on any atom is -0.393 e. The lowest BCUT2D eigenvalue weighted by Crippen LogP contribution is -2.46. The van der Waals surface area contributed by atoms with Gasteiger partial charge >= 0.3 is 7.82 Å². The van der Waals surface area contributed by atoms with Gasteiger partial charge in [0.25, 0.3) is 0 Å². The molecule has 9 nitrogen and oxygen atoms in total. The molecule has 0 aliphatic heterocycles. The van der Waals surface area contributed by atoms with Crippen LogP contribution in [-0.4, -0.2) is 59.0 Å². The minimum atomic E-state index is -4.41. The van der Waals surface area contributed by atoms with Gasteiger partial charge in [-0.1, -0.05) is 133 Å². The molecule has 0 saturated carbocycles. The van der Waals surface area contributed by atoms with E-state index in [-0.39, 0.29) is 19.6 Å². The third-order valence-corrected chi connectivity index (χ3v) is 9.14. The number of aliphatic hydroxyl groups excluding tert-OH is 2. The molecular formula is C39H73N2O7P. The zero-order chi connectivity index (χ0) is 36.3. The van der Waals surface area contributed by atoms with Gasteiger partial charge in [-0.05, 0) is 64.2 Å². The number of nitrogens with one attached hydrogen (secondary N) is 1. The molecule has 0 bridgehead atoms. The lowest BCUT2D eigenvalue weighted by atomic mass is 10.1. The van der Waals surface area contributed by atoms with Crippen molar-refractivity contribution >= 4 is 13.7 Å². The van der Waals surface area contributed by atoms with E-state index in [2.05, 4.69) is 55.6 Å². The van der Waals surface area contributed by atoms with Crippen LogP contribution in [0.4, 0.5) is 0 Å². The van der Waals surface area contributed by atoms with Crippen LogP contribution in [0.5, 0.6) is 0 Å². The smallest absolute Gasteiger partial charge is 0.393 e. The third-order valence-electron chi connectivity index (χ3n) is 8.16. The van der Waals surface area contributed by atoms with Crippen molar-refractivity contribution in [3.05, 3.63) is 48.6 Å². The van der Waals surface area contributed by atoms with E-state index < -0.39 is 38.6 Å². The first kappa shape index (κ1) is 47.4. The van der Waals surface area contributed by atoms with Crippen molar-refractivity contribution in [2.45, 2.75) is 173 Å². The number of hydrogen-bond acceptors (Lipinski definition) is 7. The summed E-state index contributed by atoms with van der Waals surface area (Å²) in [4.78, 5) is 22.6. The number of aliphatic hydroxyl groups is 2. The van der Waals surface area contributed by atoms with Crippen LogP contribution in [-0.2, 0) is 18.4 Å². The summed E-state index contributed by atoms with van der Waals surface area (Å²) in [5.41, 5.74) is 5.34. The van der Waals surface area contributed by atoms with Gasteiger partial charge in [0.1, 0.15) is 0 Å². The molecule has 10 heteroatoms. The lowest BCUT2D eigenvalue weighted by Gasteiger charge is -2.24. The highest BCUT2D eigenvalue weighted by molar-refractivity contribution is 7.47. The number of carbonyl (C=O) groups excluding carboxylic acids is 1. The van der Waals surface area contributed by atoms with Gasteiger partial charge in [-0.15, -0.1) is 0 Å². The fourth-order valence-corrected chi connectivity index (χ4v) is 5.95. The minimum absolute atomic E-state index is 0.0392. The second kappa shape index (κ2) is 34.9. The zero-order valence-corrected chi connectivity index (χ0v) is 31.9. The Labute approximate surface area is 299 Å². The monoisotopic (exact) mass is 713 g/mol. The fourth-order valence-electron chi connectivity index (χ4n) is 5.19. The molecule has 286 valence electrons. The molecule has 0 saturated heterocycles. The van der Waals surface area contributed by atoms with E-state index in [9.17, 15) is 24.5 Å². The van der Waals surface area contributed by atoms with Crippen molar-refractivity contribution in [3.63, 3.8) is 0 Å². The van der Waals surface area contributed by atoms with Crippen LogP contribution >= 0.6 is 7.82 Å². The maximum Gasteiger partial charge on any atom is 0.472 e. The summed E-state index contributed by atoms with van der Waals surface area (Å²) in [6.45, 7) is 3.85. The molecule has 0 fully saturated rings. The summed E-state index contributed by atoms with van der Waals surface area (Å²) in [5, 5.41) is 23.8. The van der Waals surface area contributed by atoms with Gasteiger partial charge in [-0.3, -0.25) is 13.8 Å². The SMILES string of the molecule is CCCC/C=C\CCCCCC(O)CC(=O)NC(COP(=O)(O)OCCN)C(O)/C=C/CC/C=C/CC/C=C/CCCCCCCCCC. The Morgan fingerprint density at radius 2 is 1.18 bits per heavy atom. The Morgan fingerprint density at radius 1 is 0.694 bits per heavy atom. The summed E-state index contributed by atoms with van der Waals surface area (Å²) in [5.74, 6) is -0.474. The molecule has 0 rings (SSSR count). The fraction of sp³-hybridized carbons (Fsp3) is 0.769. The molecule has 0 radical (unpaired) electrons. The number of hydrogen-bond donors (Lipinski definition) is 5. The Balaban J connectivity index is 4.51. The number of carbonyl (C=O) groups is 1. The summed E-state index contributed by atoms with van der Waals surface area (Å²) >= 11 is 0. The molecule has 6 N–H and O–H groups in total. The largest absolute Gasteiger partial charge is 0.472 e. The average molecular weight is 713 g/mol. The Morgan fingerprint density at radius 3 is 1.76 bits per heavy atom. The predicted octanol–water partition coefficient (Wildman–Crippen LogP) is 9.13.